The average Bonchev–Trinajstić information content (AvgIpc) is 2.61. The van der Waals surface area contributed by atoms with Crippen molar-refractivity contribution in [1.29, 1.82) is 0 Å². The number of nitrogens with zero attached hydrogens (tertiary/aromatic N) is 1. The summed E-state index contributed by atoms with van der Waals surface area (Å²) in [6.07, 6.45) is 0.124. The molecule has 4 rings (SSSR count). The number of benzene rings is 3. The van der Waals surface area contributed by atoms with E-state index in [0.717, 1.165) is 17.8 Å². The minimum atomic E-state index is 0.124. The fourth-order valence-electron chi connectivity index (χ4n) is 3.77. The molecule has 0 N–H and O–H groups in total. The van der Waals surface area contributed by atoms with Crippen LogP contribution in [0.4, 0.5) is 0 Å². The summed E-state index contributed by atoms with van der Waals surface area (Å²) in [5, 5.41) is 2.60. The number of quaternary nitrogens is 1. The molecule has 24 heavy (non-hydrogen) atoms. The minimum Gasteiger partial charge on any atom is -0.323 e. The maximum atomic E-state index is 6.33. The Balaban J connectivity index is 1.77. The molecule has 2 heteroatoms. The van der Waals surface area contributed by atoms with E-state index in [9.17, 15) is 0 Å². The van der Waals surface area contributed by atoms with E-state index in [1.807, 2.05) is 0 Å². The second-order valence-electron chi connectivity index (χ2n) is 7.46. The highest BCUT2D eigenvalue weighted by Crippen LogP contribution is 2.40. The van der Waals surface area contributed by atoms with Crippen LogP contribution in [-0.2, 0) is 4.74 Å². The Bertz CT molecular complexity index is 841. The molecule has 1 heterocycles. The molecule has 3 aromatic rings. The van der Waals surface area contributed by atoms with Crippen LogP contribution < -0.4 is 0 Å². The van der Waals surface area contributed by atoms with Gasteiger partial charge in [0.15, 0.2) is 6.73 Å². The normalized spacial score (nSPS) is 23.2. The van der Waals surface area contributed by atoms with Crippen LogP contribution in [0.25, 0.3) is 10.8 Å². The summed E-state index contributed by atoms with van der Waals surface area (Å²) in [7, 11) is 4.49. The summed E-state index contributed by atoms with van der Waals surface area (Å²) in [6.45, 7) is 1.83. The SMILES string of the molecule is C[N+]1(C)CO[C@H](c2ccccc2)[C@@H](c2ccc3ccccc3c2)C1. The quantitative estimate of drug-likeness (QED) is 0.621. The van der Waals surface area contributed by atoms with Gasteiger partial charge in [0.25, 0.3) is 0 Å². The first-order valence-electron chi connectivity index (χ1n) is 8.60. The van der Waals surface area contributed by atoms with Gasteiger partial charge < -0.3 is 9.22 Å². The molecule has 0 saturated carbocycles. The van der Waals surface area contributed by atoms with E-state index in [-0.39, 0.29) is 6.10 Å². The molecule has 0 spiro atoms. The van der Waals surface area contributed by atoms with Crippen LogP contribution in [0.3, 0.4) is 0 Å². The predicted octanol–water partition coefficient (Wildman–Crippen LogP) is 4.73. The molecule has 0 amide bonds. The van der Waals surface area contributed by atoms with Gasteiger partial charge in [-0.3, -0.25) is 0 Å². The molecular formula is C22H24NO+. The molecule has 1 aliphatic rings. The topological polar surface area (TPSA) is 9.23 Å². The molecule has 1 aliphatic heterocycles. The van der Waals surface area contributed by atoms with Crippen molar-refractivity contribution in [2.24, 2.45) is 0 Å². The maximum absolute atomic E-state index is 6.33. The molecule has 0 bridgehead atoms. The molecule has 0 aliphatic carbocycles. The monoisotopic (exact) mass is 318 g/mol. The van der Waals surface area contributed by atoms with Crippen LogP contribution in [0.5, 0.6) is 0 Å². The van der Waals surface area contributed by atoms with E-state index >= 15 is 0 Å². The Morgan fingerprint density at radius 1 is 0.792 bits per heavy atom. The van der Waals surface area contributed by atoms with Gasteiger partial charge in [-0.1, -0.05) is 72.8 Å². The van der Waals surface area contributed by atoms with E-state index in [0.29, 0.717) is 5.92 Å². The zero-order valence-electron chi connectivity index (χ0n) is 14.4. The highest BCUT2D eigenvalue weighted by molar-refractivity contribution is 5.83. The van der Waals surface area contributed by atoms with Crippen molar-refractivity contribution in [1.82, 2.24) is 0 Å². The summed E-state index contributed by atoms with van der Waals surface area (Å²) in [4.78, 5) is 0. The Hall–Kier alpha value is -2.16. The molecule has 0 unspecified atom stereocenters. The molecule has 2 nitrogen and oxygen atoms in total. The minimum absolute atomic E-state index is 0.124. The van der Waals surface area contributed by atoms with Crippen LogP contribution in [-0.4, -0.2) is 31.9 Å². The van der Waals surface area contributed by atoms with Crippen LogP contribution in [0.2, 0.25) is 0 Å². The lowest BCUT2D eigenvalue weighted by molar-refractivity contribution is -0.921. The van der Waals surface area contributed by atoms with Crippen molar-refractivity contribution in [2.75, 3.05) is 27.4 Å². The van der Waals surface area contributed by atoms with E-state index < -0.39 is 0 Å². The van der Waals surface area contributed by atoms with E-state index in [4.69, 9.17) is 4.74 Å². The number of rotatable bonds is 2. The van der Waals surface area contributed by atoms with Gasteiger partial charge in [0.05, 0.1) is 26.6 Å². The smallest absolute Gasteiger partial charge is 0.183 e. The zero-order chi connectivity index (χ0) is 16.6. The Morgan fingerprint density at radius 3 is 2.29 bits per heavy atom. The molecular weight excluding hydrogens is 294 g/mol. The predicted molar refractivity (Wildman–Crippen MR) is 98.8 cm³/mol. The van der Waals surface area contributed by atoms with Gasteiger partial charge in [0, 0.05) is 0 Å². The summed E-state index contributed by atoms with van der Waals surface area (Å²) >= 11 is 0. The van der Waals surface area contributed by atoms with Crippen LogP contribution in [0, 0.1) is 0 Å². The van der Waals surface area contributed by atoms with Gasteiger partial charge in [-0.25, -0.2) is 0 Å². The lowest BCUT2D eigenvalue weighted by atomic mass is 9.86. The van der Waals surface area contributed by atoms with E-state index in [2.05, 4.69) is 86.9 Å². The molecule has 1 fully saturated rings. The molecule has 1 saturated heterocycles. The Morgan fingerprint density at radius 2 is 1.50 bits per heavy atom. The molecule has 0 aromatic heterocycles. The fourth-order valence-corrected chi connectivity index (χ4v) is 3.77. The second-order valence-corrected chi connectivity index (χ2v) is 7.46. The van der Waals surface area contributed by atoms with Crippen LogP contribution in [0.1, 0.15) is 23.1 Å². The Kier molecular flexibility index (Phi) is 3.87. The summed E-state index contributed by atoms with van der Waals surface area (Å²) in [5.74, 6) is 0.362. The third-order valence-electron chi connectivity index (χ3n) is 4.99. The molecule has 122 valence electrons. The van der Waals surface area contributed by atoms with Crippen molar-refractivity contribution < 1.29 is 9.22 Å². The zero-order valence-corrected chi connectivity index (χ0v) is 14.4. The number of hydrogen-bond acceptors (Lipinski definition) is 1. The largest absolute Gasteiger partial charge is 0.323 e. The number of likely N-dealkylation sites (N-methyl/N-ethyl adjacent to an activating group) is 1. The average molecular weight is 318 g/mol. The third-order valence-corrected chi connectivity index (χ3v) is 4.99. The maximum Gasteiger partial charge on any atom is 0.183 e. The lowest BCUT2D eigenvalue weighted by Gasteiger charge is -2.42. The first kappa shape index (κ1) is 15.4. The number of ether oxygens (including phenoxy) is 1. The Labute approximate surface area is 143 Å². The molecule has 2 atom stereocenters. The highest BCUT2D eigenvalue weighted by Gasteiger charge is 2.37. The summed E-state index contributed by atoms with van der Waals surface area (Å²) in [5.41, 5.74) is 2.64. The lowest BCUT2D eigenvalue weighted by Crippen LogP contribution is -2.50. The first-order valence-corrected chi connectivity index (χ1v) is 8.60. The van der Waals surface area contributed by atoms with E-state index in [1.54, 1.807) is 0 Å². The summed E-state index contributed by atoms with van der Waals surface area (Å²) < 4.78 is 7.22. The molecule has 3 aromatic carbocycles. The van der Waals surface area contributed by atoms with Crippen molar-refractivity contribution in [3.63, 3.8) is 0 Å². The van der Waals surface area contributed by atoms with Crippen molar-refractivity contribution in [3.05, 3.63) is 83.9 Å². The number of hydrogen-bond donors (Lipinski definition) is 0. The van der Waals surface area contributed by atoms with Gasteiger partial charge in [0.1, 0.15) is 6.10 Å². The first-order chi connectivity index (χ1) is 11.6. The molecule has 0 radical (unpaired) electrons. The second kappa shape index (κ2) is 6.04. The van der Waals surface area contributed by atoms with Gasteiger partial charge in [-0.2, -0.15) is 0 Å². The van der Waals surface area contributed by atoms with Crippen molar-refractivity contribution >= 4 is 10.8 Å². The van der Waals surface area contributed by atoms with Crippen molar-refractivity contribution in [3.8, 4) is 0 Å². The fraction of sp³-hybridized carbons (Fsp3) is 0.273. The summed E-state index contributed by atoms with van der Waals surface area (Å²) in [6, 6.07) is 26.1. The van der Waals surface area contributed by atoms with Gasteiger partial charge in [-0.15, -0.1) is 0 Å². The van der Waals surface area contributed by atoms with E-state index in [1.165, 1.54) is 21.9 Å². The van der Waals surface area contributed by atoms with Gasteiger partial charge in [0.2, 0.25) is 0 Å². The number of fused-ring (bicyclic) bond motifs is 1. The standard InChI is InChI=1S/C22H24NO/c1-23(2)15-21(22(24-16-23)18-9-4-3-5-10-18)20-13-12-17-8-6-7-11-19(17)14-20/h3-14,21-22H,15-16H2,1-2H3/q+1/t21-,22-/m1/s1. The third kappa shape index (κ3) is 2.95. The van der Waals surface area contributed by atoms with Gasteiger partial charge >= 0.3 is 0 Å². The van der Waals surface area contributed by atoms with Crippen LogP contribution in [0.15, 0.2) is 72.8 Å². The van der Waals surface area contributed by atoms with Gasteiger partial charge in [-0.05, 0) is 21.9 Å². The highest BCUT2D eigenvalue weighted by atomic mass is 16.5. The van der Waals surface area contributed by atoms with Crippen LogP contribution >= 0.6 is 0 Å². The van der Waals surface area contributed by atoms with Crippen molar-refractivity contribution in [2.45, 2.75) is 12.0 Å².